The second-order valence-corrected chi connectivity index (χ2v) is 10.3. The molecule has 2 aliphatic heterocycles. The van der Waals surface area contributed by atoms with E-state index < -0.39 is 5.60 Å². The Morgan fingerprint density at radius 3 is 2.71 bits per heavy atom. The largest absolute Gasteiger partial charge is 0.488 e. The molecule has 4 heterocycles. The van der Waals surface area contributed by atoms with Crippen LogP contribution in [0.5, 0.6) is 5.75 Å². The maximum absolute atomic E-state index is 13.3. The Hall–Kier alpha value is -3.17. The van der Waals surface area contributed by atoms with Crippen LogP contribution < -0.4 is 15.0 Å². The van der Waals surface area contributed by atoms with Crippen LogP contribution in [0.15, 0.2) is 30.7 Å². The minimum Gasteiger partial charge on any atom is -0.488 e. The number of nitrogens with zero attached hydrogens (tertiary/aromatic N) is 4. The standard InChI is InChI=1S/C26H33N5O4/c1-16-12-27-24-20(13-28-31(24)14-16)25(33)29-21-10-17-4-5-19(15-32)35-23(17)11-22(21)30-8-6-18(7-9-30)26(2,3)34/h10-14,18-19,32,34H,4-9,15H2,1-3H3,(H,29,33). The van der Waals surface area contributed by atoms with Crippen molar-refractivity contribution in [1.29, 1.82) is 0 Å². The summed E-state index contributed by atoms with van der Waals surface area (Å²) in [6.45, 7) is 7.16. The van der Waals surface area contributed by atoms with Gasteiger partial charge in [-0.2, -0.15) is 5.10 Å². The number of rotatable bonds is 5. The van der Waals surface area contributed by atoms with Gasteiger partial charge in [0.25, 0.3) is 5.91 Å². The number of nitrogens with one attached hydrogen (secondary N) is 1. The summed E-state index contributed by atoms with van der Waals surface area (Å²) in [5, 5.41) is 27.5. The molecule has 0 bridgehead atoms. The smallest absolute Gasteiger partial charge is 0.261 e. The van der Waals surface area contributed by atoms with Crippen LogP contribution in [0.1, 0.15) is 54.6 Å². The minimum absolute atomic E-state index is 0.0224. The summed E-state index contributed by atoms with van der Waals surface area (Å²) in [4.78, 5) is 20.0. The number of ether oxygens (including phenoxy) is 1. The van der Waals surface area contributed by atoms with E-state index in [1.807, 2.05) is 39.1 Å². The molecule has 186 valence electrons. The lowest BCUT2D eigenvalue weighted by Crippen LogP contribution is -2.42. The number of fused-ring (bicyclic) bond motifs is 2. The molecule has 9 heteroatoms. The second kappa shape index (κ2) is 9.13. The molecule has 3 N–H and O–H groups in total. The number of hydrogen-bond acceptors (Lipinski definition) is 7. The predicted molar refractivity (Wildman–Crippen MR) is 133 cm³/mol. The van der Waals surface area contributed by atoms with Crippen LogP contribution in [-0.2, 0) is 6.42 Å². The molecule has 1 amide bonds. The van der Waals surface area contributed by atoms with E-state index in [1.165, 1.54) is 0 Å². The van der Waals surface area contributed by atoms with E-state index in [9.17, 15) is 15.0 Å². The van der Waals surface area contributed by atoms with Crippen molar-refractivity contribution in [1.82, 2.24) is 14.6 Å². The highest BCUT2D eigenvalue weighted by Crippen LogP contribution is 2.40. The average molecular weight is 480 g/mol. The summed E-state index contributed by atoms with van der Waals surface area (Å²) in [6.07, 6.45) is 8.08. The molecule has 0 saturated carbocycles. The Balaban J connectivity index is 1.46. The highest BCUT2D eigenvalue weighted by atomic mass is 16.5. The Bertz CT molecular complexity index is 1240. The number of aliphatic hydroxyl groups is 2. The molecule has 0 radical (unpaired) electrons. The number of benzene rings is 1. The molecular weight excluding hydrogens is 446 g/mol. The van der Waals surface area contributed by atoms with Crippen LogP contribution in [0.25, 0.3) is 5.65 Å². The van der Waals surface area contributed by atoms with Gasteiger partial charge in [-0.05, 0) is 69.6 Å². The number of aryl methyl sites for hydroxylation is 2. The van der Waals surface area contributed by atoms with Gasteiger partial charge in [0.05, 0.1) is 29.8 Å². The average Bonchev–Trinajstić information content (AvgIpc) is 3.26. The summed E-state index contributed by atoms with van der Waals surface area (Å²) < 4.78 is 7.65. The maximum Gasteiger partial charge on any atom is 0.261 e. The number of amides is 1. The topological polar surface area (TPSA) is 112 Å². The Morgan fingerprint density at radius 1 is 1.23 bits per heavy atom. The van der Waals surface area contributed by atoms with E-state index in [1.54, 1.807) is 16.9 Å². The van der Waals surface area contributed by atoms with Crippen molar-refractivity contribution >= 4 is 22.9 Å². The van der Waals surface area contributed by atoms with Crippen LogP contribution in [0.3, 0.4) is 0 Å². The lowest BCUT2D eigenvalue weighted by molar-refractivity contribution is 0.00651. The molecular formula is C26H33N5O4. The molecule has 1 saturated heterocycles. The van der Waals surface area contributed by atoms with Crippen LogP contribution in [0.4, 0.5) is 11.4 Å². The van der Waals surface area contributed by atoms with Gasteiger partial charge in [-0.15, -0.1) is 0 Å². The van der Waals surface area contributed by atoms with Crippen LogP contribution in [0, 0.1) is 12.8 Å². The van der Waals surface area contributed by atoms with Gasteiger partial charge in [0.2, 0.25) is 0 Å². The maximum atomic E-state index is 13.3. The zero-order valence-electron chi connectivity index (χ0n) is 20.5. The lowest BCUT2D eigenvalue weighted by Gasteiger charge is -2.40. The fourth-order valence-corrected chi connectivity index (χ4v) is 5.11. The molecule has 0 spiro atoms. The van der Waals surface area contributed by atoms with E-state index in [-0.39, 0.29) is 24.5 Å². The Labute approximate surface area is 204 Å². The molecule has 9 nitrogen and oxygen atoms in total. The zero-order chi connectivity index (χ0) is 24.7. The van der Waals surface area contributed by atoms with E-state index in [0.29, 0.717) is 16.9 Å². The van der Waals surface area contributed by atoms with Crippen LogP contribution in [0.2, 0.25) is 0 Å². The van der Waals surface area contributed by atoms with Crippen molar-refractivity contribution < 1.29 is 19.7 Å². The first-order valence-corrected chi connectivity index (χ1v) is 12.3. The van der Waals surface area contributed by atoms with Gasteiger partial charge in [0.1, 0.15) is 17.4 Å². The number of anilines is 2. The molecule has 0 aliphatic carbocycles. The highest BCUT2D eigenvalue weighted by Gasteiger charge is 2.32. The molecule has 1 fully saturated rings. The third-order valence-corrected chi connectivity index (χ3v) is 7.22. The van der Waals surface area contributed by atoms with Gasteiger partial charge in [-0.3, -0.25) is 4.79 Å². The minimum atomic E-state index is -0.717. The van der Waals surface area contributed by atoms with E-state index >= 15 is 0 Å². The number of carbonyl (C=O) groups is 1. The normalized spacial score (nSPS) is 18.9. The molecule has 3 aromatic rings. The summed E-state index contributed by atoms with van der Waals surface area (Å²) >= 11 is 0. The van der Waals surface area contributed by atoms with Crippen molar-refractivity contribution in [3.63, 3.8) is 0 Å². The molecule has 1 unspecified atom stereocenters. The van der Waals surface area contributed by atoms with Gasteiger partial charge in [-0.25, -0.2) is 9.50 Å². The zero-order valence-corrected chi connectivity index (χ0v) is 20.5. The van der Waals surface area contributed by atoms with Crippen LogP contribution in [-0.4, -0.2) is 62.1 Å². The van der Waals surface area contributed by atoms with E-state index in [2.05, 4.69) is 20.3 Å². The van der Waals surface area contributed by atoms with Crippen molar-refractivity contribution in [3.8, 4) is 5.75 Å². The molecule has 2 aliphatic rings. The number of piperidine rings is 1. The summed E-state index contributed by atoms with van der Waals surface area (Å²) in [7, 11) is 0. The van der Waals surface area contributed by atoms with Crippen molar-refractivity contribution in [2.24, 2.45) is 5.92 Å². The first-order chi connectivity index (χ1) is 16.7. The first kappa shape index (κ1) is 23.6. The van der Waals surface area contributed by atoms with E-state index in [0.717, 1.165) is 61.3 Å². The second-order valence-electron chi connectivity index (χ2n) is 10.3. The van der Waals surface area contributed by atoms with Crippen molar-refractivity contribution in [2.75, 3.05) is 29.9 Å². The van der Waals surface area contributed by atoms with Crippen molar-refractivity contribution in [3.05, 3.63) is 47.4 Å². The van der Waals surface area contributed by atoms with Gasteiger partial charge in [0, 0.05) is 31.5 Å². The summed E-state index contributed by atoms with van der Waals surface area (Å²) in [5.74, 6) is 0.702. The molecule has 1 atom stereocenters. The summed E-state index contributed by atoms with van der Waals surface area (Å²) in [6, 6.07) is 3.97. The van der Waals surface area contributed by atoms with Gasteiger partial charge < -0.3 is 25.2 Å². The molecule has 1 aromatic carbocycles. The van der Waals surface area contributed by atoms with Crippen LogP contribution >= 0.6 is 0 Å². The molecule has 5 rings (SSSR count). The number of aliphatic hydroxyl groups excluding tert-OH is 1. The fraction of sp³-hybridized carbons (Fsp3) is 0.500. The summed E-state index contributed by atoms with van der Waals surface area (Å²) in [5.41, 5.74) is 3.76. The fourth-order valence-electron chi connectivity index (χ4n) is 5.11. The van der Waals surface area contributed by atoms with Crippen molar-refractivity contribution in [2.45, 2.75) is 58.2 Å². The van der Waals surface area contributed by atoms with E-state index in [4.69, 9.17) is 4.74 Å². The predicted octanol–water partition coefficient (Wildman–Crippen LogP) is 2.96. The first-order valence-electron chi connectivity index (χ1n) is 12.3. The SMILES string of the molecule is Cc1cnc2c(C(=O)Nc3cc4c(cc3N3CCC(C(C)(C)O)CC3)OC(CO)CC4)cnn2c1. The highest BCUT2D eigenvalue weighted by molar-refractivity contribution is 6.09. The monoisotopic (exact) mass is 479 g/mol. The Kier molecular flexibility index (Phi) is 6.14. The third kappa shape index (κ3) is 4.70. The number of hydrogen-bond donors (Lipinski definition) is 3. The quantitative estimate of drug-likeness (QED) is 0.516. The number of aromatic nitrogens is 3. The lowest BCUT2D eigenvalue weighted by atomic mass is 9.83. The van der Waals surface area contributed by atoms with Gasteiger partial charge >= 0.3 is 0 Å². The van der Waals surface area contributed by atoms with Gasteiger partial charge in [-0.1, -0.05) is 0 Å². The molecule has 2 aromatic heterocycles. The number of carbonyl (C=O) groups excluding carboxylic acids is 1. The Morgan fingerprint density at radius 2 is 2.00 bits per heavy atom. The van der Waals surface area contributed by atoms with Gasteiger partial charge in [0.15, 0.2) is 5.65 Å². The molecule has 35 heavy (non-hydrogen) atoms. The third-order valence-electron chi connectivity index (χ3n) is 7.22.